The number of rotatable bonds is 8. The maximum absolute atomic E-state index is 9.63. The Bertz CT molecular complexity index is 1360. The molecule has 0 amide bonds. The molecule has 6 heteroatoms. The van der Waals surface area contributed by atoms with E-state index in [2.05, 4.69) is 60.0 Å². The molecule has 0 spiro atoms. The van der Waals surface area contributed by atoms with Gasteiger partial charge in [0.15, 0.2) is 5.82 Å². The van der Waals surface area contributed by atoms with E-state index in [9.17, 15) is 5.11 Å². The summed E-state index contributed by atoms with van der Waals surface area (Å²) in [7, 11) is 0. The number of nitrogens with two attached hydrogens (primary N) is 1. The Kier molecular flexibility index (Phi) is 6.22. The summed E-state index contributed by atoms with van der Waals surface area (Å²) in [5.41, 5.74) is 11.3. The van der Waals surface area contributed by atoms with Crippen molar-refractivity contribution in [3.8, 4) is 28.4 Å². The quantitative estimate of drug-likeness (QED) is 0.306. The van der Waals surface area contributed by atoms with Gasteiger partial charge in [-0.15, -0.1) is 11.7 Å². The largest absolute Gasteiger partial charge is 0.508 e. The maximum atomic E-state index is 9.63. The minimum Gasteiger partial charge on any atom is -0.508 e. The van der Waals surface area contributed by atoms with Gasteiger partial charge >= 0.3 is 0 Å². The van der Waals surface area contributed by atoms with Gasteiger partial charge in [0.1, 0.15) is 5.75 Å². The molecule has 1 fully saturated rings. The fourth-order valence-corrected chi connectivity index (χ4v) is 4.64. The zero-order valence-electron chi connectivity index (χ0n) is 20.1. The molecular weight excluding hydrogens is 434 g/mol. The number of fused-ring (bicyclic) bond motifs is 1. The number of allylic oxidation sites excluding steroid dienone is 3. The third kappa shape index (κ3) is 4.49. The second-order valence-electron chi connectivity index (χ2n) is 9.32. The minimum atomic E-state index is -0.195. The van der Waals surface area contributed by atoms with Crippen LogP contribution < -0.4 is 5.73 Å². The van der Waals surface area contributed by atoms with E-state index in [4.69, 9.17) is 10.7 Å². The van der Waals surface area contributed by atoms with E-state index in [1.165, 1.54) is 12.0 Å². The summed E-state index contributed by atoms with van der Waals surface area (Å²) in [6.45, 7) is 6.24. The fourth-order valence-electron chi connectivity index (χ4n) is 4.64. The third-order valence-corrected chi connectivity index (χ3v) is 6.94. The highest BCUT2D eigenvalue weighted by atomic mass is 16.3. The molecule has 2 aromatic carbocycles. The first-order valence-corrected chi connectivity index (χ1v) is 12.2. The smallest absolute Gasteiger partial charge is 0.253 e. The summed E-state index contributed by atoms with van der Waals surface area (Å²) in [6, 6.07) is 15.4. The summed E-state index contributed by atoms with van der Waals surface area (Å²) in [6.07, 6.45) is 13.4. The number of hydrogen-bond donors (Lipinski definition) is 2. The van der Waals surface area contributed by atoms with Crippen molar-refractivity contribution in [3.05, 3.63) is 90.7 Å². The molecule has 1 atom stereocenters. The van der Waals surface area contributed by atoms with E-state index >= 15 is 0 Å². The van der Waals surface area contributed by atoms with Crippen LogP contribution in [0, 0.1) is 0 Å². The number of phenols is 1. The zero-order chi connectivity index (χ0) is 24.4. The summed E-state index contributed by atoms with van der Waals surface area (Å²) in [5.74, 6) is 1.38. The Labute approximate surface area is 205 Å². The van der Waals surface area contributed by atoms with Crippen molar-refractivity contribution in [1.82, 2.24) is 19.6 Å². The van der Waals surface area contributed by atoms with Gasteiger partial charge in [-0.1, -0.05) is 49.4 Å². The Morgan fingerprint density at radius 3 is 2.40 bits per heavy atom. The fraction of sp³-hybridized carbons (Fsp3) is 0.276. The Hall–Kier alpha value is -3.77. The Morgan fingerprint density at radius 1 is 1.06 bits per heavy atom. The monoisotopic (exact) mass is 465 g/mol. The van der Waals surface area contributed by atoms with E-state index in [1.807, 2.05) is 12.3 Å². The summed E-state index contributed by atoms with van der Waals surface area (Å²) < 4.78 is 1.73. The number of aromatic nitrogens is 4. The van der Waals surface area contributed by atoms with Gasteiger partial charge in [0, 0.05) is 34.3 Å². The van der Waals surface area contributed by atoms with Gasteiger partial charge in [-0.25, -0.2) is 9.50 Å². The van der Waals surface area contributed by atoms with Gasteiger partial charge in [-0.05, 0) is 61.9 Å². The minimum absolute atomic E-state index is 0.0816. The zero-order valence-corrected chi connectivity index (χ0v) is 20.1. The van der Waals surface area contributed by atoms with Crippen LogP contribution in [0.5, 0.6) is 5.75 Å². The second-order valence-corrected chi connectivity index (χ2v) is 9.32. The van der Waals surface area contributed by atoms with E-state index in [0.717, 1.165) is 48.1 Å². The number of nitrogens with zero attached hydrogens (tertiary/aromatic N) is 4. The normalized spacial score (nSPS) is 15.8. The van der Waals surface area contributed by atoms with Crippen LogP contribution in [-0.2, 0) is 5.54 Å². The average molecular weight is 466 g/mol. The molecule has 4 aromatic rings. The molecule has 0 saturated heterocycles. The standard InChI is InChI=1S/C29H31N5O/c1-3-5-6-8-20(4-2)25-19-34-28(32-27(33-34)22-11-15-24(35)16-12-22)31-26(25)21-9-13-23(14-10-21)29(30)17-7-18-29/h4-6,9-16,19-20,35H,2-3,7-8,17-18,30H2,1H3/b6-5-. The van der Waals surface area contributed by atoms with E-state index in [0.29, 0.717) is 11.6 Å². The van der Waals surface area contributed by atoms with E-state index < -0.39 is 0 Å². The molecular formula is C29H31N5O. The maximum Gasteiger partial charge on any atom is 0.253 e. The Morgan fingerprint density at radius 2 is 1.77 bits per heavy atom. The molecule has 35 heavy (non-hydrogen) atoms. The molecule has 1 unspecified atom stereocenters. The first-order chi connectivity index (χ1) is 17.0. The van der Waals surface area contributed by atoms with Crippen molar-refractivity contribution >= 4 is 5.78 Å². The number of benzene rings is 2. The third-order valence-electron chi connectivity index (χ3n) is 6.94. The molecule has 0 aliphatic heterocycles. The van der Waals surface area contributed by atoms with Gasteiger partial charge in [-0.3, -0.25) is 0 Å². The van der Waals surface area contributed by atoms with Crippen molar-refractivity contribution in [2.45, 2.75) is 50.5 Å². The van der Waals surface area contributed by atoms with Crippen molar-refractivity contribution in [2.75, 3.05) is 0 Å². The van der Waals surface area contributed by atoms with Crippen LogP contribution in [0.1, 0.15) is 56.1 Å². The number of hydrogen-bond acceptors (Lipinski definition) is 5. The molecule has 0 bridgehead atoms. The molecule has 3 N–H and O–H groups in total. The molecule has 178 valence electrons. The lowest BCUT2D eigenvalue weighted by Gasteiger charge is -2.38. The van der Waals surface area contributed by atoms with E-state index in [-0.39, 0.29) is 17.2 Å². The molecule has 6 nitrogen and oxygen atoms in total. The van der Waals surface area contributed by atoms with Crippen LogP contribution in [-0.4, -0.2) is 24.7 Å². The van der Waals surface area contributed by atoms with Crippen molar-refractivity contribution in [2.24, 2.45) is 5.73 Å². The van der Waals surface area contributed by atoms with Crippen LogP contribution >= 0.6 is 0 Å². The molecule has 5 rings (SSSR count). The van der Waals surface area contributed by atoms with Crippen LogP contribution in [0.3, 0.4) is 0 Å². The predicted octanol–water partition coefficient (Wildman–Crippen LogP) is 6.13. The molecule has 2 heterocycles. The summed E-state index contributed by atoms with van der Waals surface area (Å²) >= 11 is 0. The lowest BCUT2D eigenvalue weighted by Crippen LogP contribution is -2.43. The number of phenolic OH excluding ortho intramolecular Hbond substituents is 1. The van der Waals surface area contributed by atoms with Gasteiger partial charge in [0.2, 0.25) is 0 Å². The summed E-state index contributed by atoms with van der Waals surface area (Å²) in [5, 5.41) is 14.3. The lowest BCUT2D eigenvalue weighted by molar-refractivity contribution is 0.253. The first kappa shape index (κ1) is 23.0. The van der Waals surface area contributed by atoms with Gasteiger partial charge in [0.25, 0.3) is 5.78 Å². The molecule has 1 saturated carbocycles. The van der Waals surface area contributed by atoms with Crippen molar-refractivity contribution in [3.63, 3.8) is 0 Å². The predicted molar refractivity (Wildman–Crippen MR) is 140 cm³/mol. The topological polar surface area (TPSA) is 89.3 Å². The lowest BCUT2D eigenvalue weighted by atomic mass is 9.72. The van der Waals surface area contributed by atoms with Gasteiger partial charge in [0.05, 0.1) is 5.69 Å². The highest BCUT2D eigenvalue weighted by Gasteiger charge is 2.34. The Balaban J connectivity index is 1.60. The molecule has 0 radical (unpaired) electrons. The average Bonchev–Trinajstić information content (AvgIpc) is 3.28. The molecule has 1 aliphatic rings. The van der Waals surface area contributed by atoms with Crippen molar-refractivity contribution in [1.29, 1.82) is 0 Å². The van der Waals surface area contributed by atoms with Crippen LogP contribution in [0.2, 0.25) is 0 Å². The van der Waals surface area contributed by atoms with Gasteiger partial charge < -0.3 is 10.8 Å². The SMILES string of the molecule is C=CC(C/C=C\CC)c1cn2nc(-c3ccc(O)cc3)nc2nc1-c1ccc(C2(N)CCC2)cc1. The van der Waals surface area contributed by atoms with Gasteiger partial charge in [-0.2, -0.15) is 4.98 Å². The summed E-state index contributed by atoms with van der Waals surface area (Å²) in [4.78, 5) is 9.65. The van der Waals surface area contributed by atoms with Crippen LogP contribution in [0.15, 0.2) is 79.5 Å². The molecule has 1 aliphatic carbocycles. The van der Waals surface area contributed by atoms with Crippen LogP contribution in [0.25, 0.3) is 28.4 Å². The van der Waals surface area contributed by atoms with Crippen molar-refractivity contribution < 1.29 is 5.11 Å². The van der Waals surface area contributed by atoms with Crippen LogP contribution in [0.4, 0.5) is 0 Å². The first-order valence-electron chi connectivity index (χ1n) is 12.2. The highest BCUT2D eigenvalue weighted by molar-refractivity contribution is 5.67. The number of aromatic hydroxyl groups is 1. The van der Waals surface area contributed by atoms with E-state index in [1.54, 1.807) is 28.8 Å². The highest BCUT2D eigenvalue weighted by Crippen LogP contribution is 2.39. The molecule has 2 aromatic heterocycles. The second kappa shape index (κ2) is 9.47.